The number of hydrogen-bond acceptors (Lipinski definition) is 3. The van der Waals surface area contributed by atoms with Crippen LogP contribution < -0.4 is 4.89 Å². The first-order valence-electron chi connectivity index (χ1n) is 3.40. The van der Waals surface area contributed by atoms with Crippen LogP contribution in [0.15, 0.2) is 18.2 Å². The van der Waals surface area contributed by atoms with E-state index >= 15 is 0 Å². The maximum absolute atomic E-state index is 10.4. The van der Waals surface area contributed by atoms with Gasteiger partial charge in [-0.1, -0.05) is 23.2 Å². The first kappa shape index (κ1) is 14.7. The summed E-state index contributed by atoms with van der Waals surface area (Å²) in [6.07, 6.45) is 0. The summed E-state index contributed by atoms with van der Waals surface area (Å²) in [5, 5.41) is 0.772. The zero-order valence-electron chi connectivity index (χ0n) is 7.71. The van der Waals surface area contributed by atoms with Crippen molar-refractivity contribution in [1.82, 2.24) is 0 Å². The fourth-order valence-corrected chi connectivity index (χ4v) is 1.09. The number of benzene rings is 1. The Hall–Kier alpha value is 0.706. The van der Waals surface area contributed by atoms with Gasteiger partial charge >= 0.3 is 5.97 Å². The number of halogens is 2. The fraction of sp³-hybridized carbons (Fsp3) is 0.125. The average Bonchev–Trinajstić information content (AvgIpc) is 2.02. The van der Waals surface area contributed by atoms with Crippen LogP contribution in [0.2, 0.25) is 10.0 Å². The quantitative estimate of drug-likeness (QED) is 0.465. The van der Waals surface area contributed by atoms with Crippen molar-refractivity contribution in [1.29, 1.82) is 0 Å². The molecule has 0 aliphatic carbocycles. The molecule has 0 unspecified atom stereocenters. The molecule has 1 aromatic rings. The minimum atomic E-state index is -0.550. The Morgan fingerprint density at radius 2 is 2.00 bits per heavy atom. The van der Waals surface area contributed by atoms with Crippen LogP contribution in [0.3, 0.4) is 0 Å². The Kier molecular flexibility index (Phi) is 7.41. The van der Waals surface area contributed by atoms with E-state index in [1.165, 1.54) is 19.1 Å². The molecule has 6 heteroatoms. The van der Waals surface area contributed by atoms with E-state index in [2.05, 4.69) is 9.78 Å². The molecule has 0 amide bonds. The van der Waals surface area contributed by atoms with Crippen LogP contribution in [0.4, 0.5) is 0 Å². The molecule has 0 saturated heterocycles. The van der Waals surface area contributed by atoms with Gasteiger partial charge in [0.15, 0.2) is 5.75 Å². The molecule has 0 aromatic heterocycles. The summed E-state index contributed by atoms with van der Waals surface area (Å²) in [4.78, 5) is 19.3. The summed E-state index contributed by atoms with van der Waals surface area (Å²) < 4.78 is 0. The van der Waals surface area contributed by atoms with Gasteiger partial charge in [0.1, 0.15) is 0 Å². The van der Waals surface area contributed by atoms with Crippen LogP contribution in [-0.2, 0) is 9.68 Å². The second-order valence-electron chi connectivity index (χ2n) is 2.23. The van der Waals surface area contributed by atoms with Crippen LogP contribution in [0.5, 0.6) is 5.75 Å². The summed E-state index contributed by atoms with van der Waals surface area (Å²) in [5.41, 5.74) is 0. The van der Waals surface area contributed by atoms with Gasteiger partial charge in [0, 0.05) is 63.3 Å². The van der Waals surface area contributed by atoms with E-state index in [0.717, 1.165) is 0 Å². The van der Waals surface area contributed by atoms with Gasteiger partial charge in [-0.2, -0.15) is 0 Å². The SMILES string of the molecule is CC(=O)OOc1ccc(Cl)cc1Cl.[K]. The molecular weight excluding hydrogens is 254 g/mol. The van der Waals surface area contributed by atoms with E-state index < -0.39 is 5.97 Å². The number of rotatable bonds is 2. The van der Waals surface area contributed by atoms with E-state index in [1.807, 2.05) is 0 Å². The van der Waals surface area contributed by atoms with Crippen LogP contribution in [0.25, 0.3) is 0 Å². The Morgan fingerprint density at radius 1 is 1.36 bits per heavy atom. The predicted molar refractivity (Wildman–Crippen MR) is 54.6 cm³/mol. The molecule has 0 atom stereocenters. The van der Waals surface area contributed by atoms with Gasteiger partial charge in [-0.3, -0.25) is 9.78 Å². The van der Waals surface area contributed by atoms with Gasteiger partial charge in [-0.25, -0.2) is 4.79 Å². The van der Waals surface area contributed by atoms with Crippen LogP contribution >= 0.6 is 23.2 Å². The van der Waals surface area contributed by atoms with E-state index in [4.69, 9.17) is 23.2 Å². The predicted octanol–water partition coefficient (Wildman–Crippen LogP) is 2.47. The monoisotopic (exact) mass is 259 g/mol. The molecule has 0 bridgehead atoms. The summed E-state index contributed by atoms with van der Waals surface area (Å²) >= 11 is 11.3. The summed E-state index contributed by atoms with van der Waals surface area (Å²) in [6, 6.07) is 4.57. The second-order valence-corrected chi connectivity index (χ2v) is 3.08. The summed E-state index contributed by atoms with van der Waals surface area (Å²) in [7, 11) is 0. The topological polar surface area (TPSA) is 35.5 Å². The molecule has 3 nitrogen and oxygen atoms in total. The normalized spacial score (nSPS) is 8.79. The van der Waals surface area contributed by atoms with Crippen molar-refractivity contribution < 1.29 is 14.6 Å². The van der Waals surface area contributed by atoms with Gasteiger partial charge in [-0.05, 0) is 18.2 Å². The minimum absolute atomic E-state index is 0. The largest absolute Gasteiger partial charge is 0.352 e. The Morgan fingerprint density at radius 3 is 2.50 bits per heavy atom. The third kappa shape index (κ3) is 4.98. The van der Waals surface area contributed by atoms with E-state index in [0.29, 0.717) is 5.02 Å². The Labute approximate surface area is 134 Å². The molecule has 0 aliphatic rings. The molecular formula is C8H6Cl2KO3. The van der Waals surface area contributed by atoms with Crippen molar-refractivity contribution in [3.05, 3.63) is 28.2 Å². The van der Waals surface area contributed by atoms with Crippen molar-refractivity contribution in [2.45, 2.75) is 6.92 Å². The molecule has 0 fully saturated rings. The first-order valence-corrected chi connectivity index (χ1v) is 4.15. The molecule has 1 aromatic carbocycles. The molecule has 1 rings (SSSR count). The fourth-order valence-electron chi connectivity index (χ4n) is 0.646. The third-order valence-electron chi connectivity index (χ3n) is 1.14. The van der Waals surface area contributed by atoms with Crippen molar-refractivity contribution in [3.8, 4) is 5.75 Å². The smallest absolute Gasteiger partial charge is 0.285 e. The van der Waals surface area contributed by atoms with Gasteiger partial charge in [0.05, 0.1) is 5.02 Å². The zero-order valence-corrected chi connectivity index (χ0v) is 12.3. The number of carbonyl (C=O) groups excluding carboxylic acids is 1. The molecule has 0 aliphatic heterocycles. The first-order chi connectivity index (χ1) is 6.09. The van der Waals surface area contributed by atoms with Gasteiger partial charge in [0.25, 0.3) is 0 Å². The van der Waals surface area contributed by atoms with Gasteiger partial charge in [-0.15, -0.1) is 0 Å². The van der Waals surface area contributed by atoms with Crippen LogP contribution in [-0.4, -0.2) is 57.4 Å². The maximum atomic E-state index is 10.4. The molecule has 1 radical (unpaired) electrons. The van der Waals surface area contributed by atoms with Gasteiger partial charge in [0.2, 0.25) is 0 Å². The third-order valence-corrected chi connectivity index (χ3v) is 1.67. The molecule has 0 N–H and O–H groups in total. The van der Waals surface area contributed by atoms with Crippen molar-refractivity contribution in [2.75, 3.05) is 0 Å². The molecule has 14 heavy (non-hydrogen) atoms. The van der Waals surface area contributed by atoms with E-state index in [9.17, 15) is 4.79 Å². The van der Waals surface area contributed by atoms with Gasteiger partial charge < -0.3 is 0 Å². The standard InChI is InChI=1S/C8H6Cl2O3.K/c1-5(11)12-13-8-3-2-6(9)4-7(8)10;/h2-4H,1H3;. The summed E-state index contributed by atoms with van der Waals surface area (Å²) in [5.74, 6) is -0.299. The molecule has 0 saturated carbocycles. The number of carbonyl (C=O) groups is 1. The molecule has 71 valence electrons. The average molecular weight is 260 g/mol. The van der Waals surface area contributed by atoms with Crippen LogP contribution in [0.1, 0.15) is 6.92 Å². The summed E-state index contributed by atoms with van der Waals surface area (Å²) in [6.45, 7) is 1.23. The van der Waals surface area contributed by atoms with Crippen molar-refractivity contribution >= 4 is 80.6 Å². The maximum Gasteiger partial charge on any atom is 0.352 e. The molecule has 0 heterocycles. The number of hydrogen-bond donors (Lipinski definition) is 0. The van der Waals surface area contributed by atoms with Crippen molar-refractivity contribution in [2.24, 2.45) is 0 Å². The Bertz CT molecular complexity index is 330. The Balaban J connectivity index is 0.00000169. The van der Waals surface area contributed by atoms with Crippen molar-refractivity contribution in [3.63, 3.8) is 0 Å². The molecule has 0 spiro atoms. The van der Waals surface area contributed by atoms with E-state index in [-0.39, 0.29) is 62.2 Å². The zero-order chi connectivity index (χ0) is 9.84. The minimum Gasteiger partial charge on any atom is -0.285 e. The van der Waals surface area contributed by atoms with E-state index in [1.54, 1.807) is 6.07 Å². The van der Waals surface area contributed by atoms with Crippen LogP contribution in [0, 0.1) is 0 Å². The second kappa shape index (κ2) is 7.06.